The summed E-state index contributed by atoms with van der Waals surface area (Å²) in [5.74, 6) is -1.62. The van der Waals surface area contributed by atoms with Gasteiger partial charge in [-0.05, 0) is 38.7 Å². The third-order valence-corrected chi connectivity index (χ3v) is 4.18. The van der Waals surface area contributed by atoms with Gasteiger partial charge >= 0.3 is 17.8 Å². The van der Waals surface area contributed by atoms with Gasteiger partial charge in [0.25, 0.3) is 0 Å². The molecule has 1 heterocycles. The number of hydrogen-bond acceptors (Lipinski definition) is 7. The second-order valence-electron chi connectivity index (χ2n) is 5.84. The maximum Gasteiger partial charge on any atom is 0.396 e. The smallest absolute Gasteiger partial charge is 0.396 e. The highest BCUT2D eigenvalue weighted by atomic mass is 16.5. The molecular weight excluding hydrogens is 328 g/mol. The predicted molar refractivity (Wildman–Crippen MR) is 88.0 cm³/mol. The van der Waals surface area contributed by atoms with Gasteiger partial charge in [-0.2, -0.15) is 0 Å². The van der Waals surface area contributed by atoms with E-state index in [0.29, 0.717) is 17.3 Å². The van der Waals surface area contributed by atoms with Crippen molar-refractivity contribution in [1.82, 2.24) is 4.98 Å². The Morgan fingerprint density at radius 1 is 1.08 bits per heavy atom. The number of ether oxygens (including phenoxy) is 3. The molecular formula is C17H22N2O6. The van der Waals surface area contributed by atoms with Gasteiger partial charge in [-0.15, -0.1) is 0 Å². The first-order valence-electron chi connectivity index (χ1n) is 8.06. The van der Waals surface area contributed by atoms with E-state index in [1.54, 1.807) is 19.1 Å². The number of nitrogens with one attached hydrogen (secondary N) is 1. The Morgan fingerprint density at radius 2 is 1.76 bits per heavy atom. The molecule has 1 aliphatic carbocycles. The van der Waals surface area contributed by atoms with Gasteiger partial charge in [-0.1, -0.05) is 0 Å². The molecule has 1 aliphatic rings. The minimum Gasteiger partial charge on any atom is -0.474 e. The lowest BCUT2D eigenvalue weighted by molar-refractivity contribution is -0.150. The van der Waals surface area contributed by atoms with E-state index in [0.717, 1.165) is 32.8 Å². The van der Waals surface area contributed by atoms with Crippen LogP contribution in [0.25, 0.3) is 0 Å². The number of rotatable bonds is 4. The minimum absolute atomic E-state index is 0.0108. The largest absolute Gasteiger partial charge is 0.474 e. The Kier molecular flexibility index (Phi) is 6.32. The number of anilines is 1. The summed E-state index contributed by atoms with van der Waals surface area (Å²) in [6.45, 7) is 1.70. The van der Waals surface area contributed by atoms with Crippen LogP contribution in [0.3, 0.4) is 0 Å². The van der Waals surface area contributed by atoms with E-state index < -0.39 is 11.9 Å². The molecule has 136 valence electrons. The number of nitrogens with zero attached hydrogens (tertiary/aromatic N) is 1. The van der Waals surface area contributed by atoms with Gasteiger partial charge in [0.15, 0.2) is 0 Å². The summed E-state index contributed by atoms with van der Waals surface area (Å²) in [5, 5.41) is 2.43. The fourth-order valence-corrected chi connectivity index (χ4v) is 2.76. The number of carbonyl (C=O) groups is 3. The average molecular weight is 350 g/mol. The molecule has 0 aliphatic heterocycles. The summed E-state index contributed by atoms with van der Waals surface area (Å²) in [5.41, 5.74) is 0.940. The van der Waals surface area contributed by atoms with E-state index in [-0.39, 0.29) is 18.0 Å². The van der Waals surface area contributed by atoms with E-state index >= 15 is 0 Å². The maximum atomic E-state index is 11.5. The third-order valence-electron chi connectivity index (χ3n) is 4.18. The van der Waals surface area contributed by atoms with Crippen molar-refractivity contribution in [3.05, 3.63) is 17.8 Å². The Hall–Kier alpha value is -2.64. The van der Waals surface area contributed by atoms with Crippen molar-refractivity contribution < 1.29 is 28.6 Å². The molecule has 0 radical (unpaired) electrons. The lowest BCUT2D eigenvalue weighted by Crippen LogP contribution is -2.29. The topological polar surface area (TPSA) is 104 Å². The van der Waals surface area contributed by atoms with Crippen LogP contribution >= 0.6 is 0 Å². The fraction of sp³-hybridized carbons (Fsp3) is 0.529. The third kappa shape index (κ3) is 4.91. The van der Waals surface area contributed by atoms with Crippen molar-refractivity contribution in [3.8, 4) is 5.88 Å². The predicted octanol–water partition coefficient (Wildman–Crippen LogP) is 1.61. The van der Waals surface area contributed by atoms with Gasteiger partial charge in [-0.25, -0.2) is 9.78 Å². The zero-order valence-corrected chi connectivity index (χ0v) is 14.5. The molecule has 0 spiro atoms. The first-order valence-corrected chi connectivity index (χ1v) is 8.06. The first kappa shape index (κ1) is 18.7. The van der Waals surface area contributed by atoms with Crippen LogP contribution in [0.4, 0.5) is 5.69 Å². The van der Waals surface area contributed by atoms with Crippen LogP contribution < -0.4 is 10.1 Å². The zero-order chi connectivity index (χ0) is 18.4. The fourth-order valence-electron chi connectivity index (χ4n) is 2.76. The summed E-state index contributed by atoms with van der Waals surface area (Å²) < 4.78 is 15.0. The molecule has 0 aromatic carbocycles. The molecule has 1 amide bonds. The van der Waals surface area contributed by atoms with Crippen molar-refractivity contribution in [1.29, 1.82) is 0 Å². The highest BCUT2D eigenvalue weighted by Gasteiger charge is 2.28. The Balaban J connectivity index is 1.92. The normalized spacial score (nSPS) is 19.6. The minimum atomic E-state index is -0.970. The summed E-state index contributed by atoms with van der Waals surface area (Å²) in [6, 6.07) is 3.25. The highest BCUT2D eigenvalue weighted by Crippen LogP contribution is 2.28. The van der Waals surface area contributed by atoms with Gasteiger partial charge in [0.2, 0.25) is 5.88 Å². The van der Waals surface area contributed by atoms with Gasteiger partial charge in [0.1, 0.15) is 6.10 Å². The van der Waals surface area contributed by atoms with Crippen molar-refractivity contribution in [2.75, 3.05) is 19.5 Å². The number of hydrogen-bond donors (Lipinski definition) is 1. The number of pyridine rings is 1. The van der Waals surface area contributed by atoms with Gasteiger partial charge in [0.05, 0.1) is 31.5 Å². The van der Waals surface area contributed by atoms with Crippen molar-refractivity contribution >= 4 is 23.5 Å². The number of esters is 2. The van der Waals surface area contributed by atoms with Crippen LogP contribution in [-0.2, 0) is 23.9 Å². The van der Waals surface area contributed by atoms with E-state index in [2.05, 4.69) is 15.0 Å². The van der Waals surface area contributed by atoms with Crippen molar-refractivity contribution in [3.63, 3.8) is 0 Å². The molecule has 8 nitrogen and oxygen atoms in total. The van der Waals surface area contributed by atoms with Crippen LogP contribution in [0.5, 0.6) is 5.88 Å². The first-order chi connectivity index (χ1) is 11.9. The maximum absolute atomic E-state index is 11.5. The monoisotopic (exact) mass is 350 g/mol. The second-order valence-corrected chi connectivity index (χ2v) is 5.84. The molecule has 2 rings (SSSR count). The lowest BCUT2D eigenvalue weighted by atomic mass is 9.87. The van der Waals surface area contributed by atoms with E-state index in [1.165, 1.54) is 7.11 Å². The molecule has 1 saturated carbocycles. The molecule has 8 heteroatoms. The molecule has 1 fully saturated rings. The SMILES string of the molecule is COC(=O)C(=O)Nc1ccc(O[C@H]2CC[C@@H](C(=O)OC)CC2)nc1C. The Bertz CT molecular complexity index is 653. The van der Waals surface area contributed by atoms with Crippen LogP contribution in [0.15, 0.2) is 12.1 Å². The van der Waals surface area contributed by atoms with Gasteiger partial charge in [0, 0.05) is 6.07 Å². The Morgan fingerprint density at radius 3 is 2.32 bits per heavy atom. The summed E-state index contributed by atoms with van der Waals surface area (Å²) in [6.07, 6.45) is 2.94. The summed E-state index contributed by atoms with van der Waals surface area (Å²) in [4.78, 5) is 38.5. The standard InChI is InChI=1S/C17H22N2O6/c1-10-13(19-15(20)17(22)24-3)8-9-14(18-10)25-12-6-4-11(5-7-12)16(21)23-2/h8-9,11-12H,4-7H2,1-3H3,(H,19,20)/t11-,12+. The summed E-state index contributed by atoms with van der Waals surface area (Å²) >= 11 is 0. The Labute approximate surface area is 145 Å². The number of aromatic nitrogens is 1. The highest BCUT2D eigenvalue weighted by molar-refractivity contribution is 6.37. The zero-order valence-electron chi connectivity index (χ0n) is 14.5. The van der Waals surface area contributed by atoms with Crippen LogP contribution in [0.2, 0.25) is 0 Å². The number of amides is 1. The van der Waals surface area contributed by atoms with Gasteiger partial charge in [-0.3, -0.25) is 9.59 Å². The number of methoxy groups -OCH3 is 2. The van der Waals surface area contributed by atoms with Crippen molar-refractivity contribution in [2.45, 2.75) is 38.7 Å². The van der Waals surface area contributed by atoms with E-state index in [1.807, 2.05) is 0 Å². The molecule has 1 aromatic heterocycles. The molecule has 1 N–H and O–H groups in total. The van der Waals surface area contributed by atoms with Crippen molar-refractivity contribution in [2.24, 2.45) is 5.92 Å². The van der Waals surface area contributed by atoms with Crippen LogP contribution in [-0.4, -0.2) is 43.2 Å². The number of carbonyl (C=O) groups excluding carboxylic acids is 3. The molecule has 0 unspecified atom stereocenters. The number of aryl methyl sites for hydroxylation is 1. The van der Waals surface area contributed by atoms with Crippen LogP contribution in [0.1, 0.15) is 31.4 Å². The van der Waals surface area contributed by atoms with Gasteiger partial charge < -0.3 is 19.5 Å². The quantitative estimate of drug-likeness (QED) is 0.650. The van der Waals surface area contributed by atoms with E-state index in [4.69, 9.17) is 9.47 Å². The summed E-state index contributed by atoms with van der Waals surface area (Å²) in [7, 11) is 2.54. The molecule has 1 aromatic rings. The lowest BCUT2D eigenvalue weighted by Gasteiger charge is -2.27. The second kappa shape index (κ2) is 8.46. The molecule has 0 bridgehead atoms. The average Bonchev–Trinajstić information content (AvgIpc) is 2.63. The molecule has 0 atom stereocenters. The van der Waals surface area contributed by atoms with E-state index in [9.17, 15) is 14.4 Å². The van der Waals surface area contributed by atoms with Crippen LogP contribution in [0, 0.1) is 12.8 Å². The molecule has 25 heavy (non-hydrogen) atoms. The molecule has 0 saturated heterocycles.